The predicted octanol–water partition coefficient (Wildman–Crippen LogP) is 4.44. The Labute approximate surface area is 124 Å². The number of aromatic nitrogens is 1. The van der Waals surface area contributed by atoms with E-state index in [0.29, 0.717) is 0 Å². The minimum absolute atomic E-state index is 0.0890. The molecule has 0 saturated heterocycles. The fourth-order valence-corrected chi connectivity index (χ4v) is 3.20. The Bertz CT molecular complexity index is 633. The van der Waals surface area contributed by atoms with Crippen LogP contribution >= 0.6 is 0 Å². The number of amides is 1. The molecule has 0 spiro atoms. The van der Waals surface area contributed by atoms with Gasteiger partial charge in [-0.3, -0.25) is 9.88 Å². The number of benzene rings is 1. The van der Waals surface area contributed by atoms with Gasteiger partial charge in [-0.2, -0.15) is 0 Å². The maximum absolute atomic E-state index is 11.8. The highest BCUT2D eigenvalue weighted by Crippen LogP contribution is 2.28. The van der Waals surface area contributed by atoms with Crippen LogP contribution in [0.5, 0.6) is 0 Å². The van der Waals surface area contributed by atoms with Gasteiger partial charge in [0.1, 0.15) is 0 Å². The quantitative estimate of drug-likeness (QED) is 0.829. The van der Waals surface area contributed by atoms with Gasteiger partial charge >= 0.3 is 6.09 Å². The summed E-state index contributed by atoms with van der Waals surface area (Å²) in [7, 11) is 0. The minimum Gasteiger partial charge on any atom is -0.465 e. The molecule has 21 heavy (non-hydrogen) atoms. The van der Waals surface area contributed by atoms with Gasteiger partial charge in [-0.15, -0.1) is 0 Å². The molecule has 2 aromatic rings. The molecule has 1 aromatic heterocycles. The van der Waals surface area contributed by atoms with Crippen molar-refractivity contribution in [3.63, 3.8) is 0 Å². The molecule has 0 bridgehead atoms. The molecule has 1 aliphatic carbocycles. The van der Waals surface area contributed by atoms with Gasteiger partial charge in [0, 0.05) is 23.3 Å². The number of hydrogen-bond acceptors (Lipinski definition) is 2. The Hall–Kier alpha value is -2.10. The summed E-state index contributed by atoms with van der Waals surface area (Å²) in [6.45, 7) is 0. The molecule has 1 N–H and O–H groups in total. The molecule has 0 unspecified atom stereocenters. The number of pyridine rings is 1. The van der Waals surface area contributed by atoms with Gasteiger partial charge in [0.05, 0.1) is 5.52 Å². The Morgan fingerprint density at radius 2 is 1.90 bits per heavy atom. The Balaban J connectivity index is 1.96. The third-order valence-corrected chi connectivity index (χ3v) is 4.26. The normalized spacial score (nSPS) is 16.6. The molecule has 4 nitrogen and oxygen atoms in total. The first-order chi connectivity index (χ1) is 10.3. The summed E-state index contributed by atoms with van der Waals surface area (Å²) < 4.78 is 0. The predicted molar refractivity (Wildman–Crippen MR) is 83.7 cm³/mol. The number of hydrogen-bond donors (Lipinski definition) is 1. The molecule has 1 saturated carbocycles. The van der Waals surface area contributed by atoms with Crippen molar-refractivity contribution in [2.45, 2.75) is 44.6 Å². The lowest BCUT2D eigenvalue weighted by molar-refractivity contribution is 0.198. The van der Waals surface area contributed by atoms with Crippen LogP contribution in [0.2, 0.25) is 0 Å². The van der Waals surface area contributed by atoms with Crippen LogP contribution in [-0.2, 0) is 0 Å². The van der Waals surface area contributed by atoms with E-state index in [2.05, 4.69) is 4.98 Å². The zero-order valence-corrected chi connectivity index (χ0v) is 12.0. The number of nitrogens with zero attached hydrogens (tertiary/aromatic N) is 2. The smallest absolute Gasteiger partial charge is 0.412 e. The highest BCUT2D eigenvalue weighted by Gasteiger charge is 2.25. The van der Waals surface area contributed by atoms with E-state index < -0.39 is 6.09 Å². The maximum Gasteiger partial charge on any atom is 0.412 e. The molecular weight excluding hydrogens is 264 g/mol. The number of fused-ring (bicyclic) bond motifs is 1. The third kappa shape index (κ3) is 2.99. The van der Waals surface area contributed by atoms with Crippen molar-refractivity contribution in [1.29, 1.82) is 0 Å². The van der Waals surface area contributed by atoms with E-state index in [4.69, 9.17) is 0 Å². The van der Waals surface area contributed by atoms with E-state index in [9.17, 15) is 9.90 Å². The molecule has 1 fully saturated rings. The topological polar surface area (TPSA) is 53.4 Å². The molecule has 0 radical (unpaired) electrons. The molecule has 1 amide bonds. The molecule has 0 aliphatic heterocycles. The second-order valence-electron chi connectivity index (χ2n) is 5.68. The summed E-state index contributed by atoms with van der Waals surface area (Å²) in [5.41, 5.74) is 1.58. The first kappa shape index (κ1) is 13.9. The standard InChI is InChI=1S/C17H20N2O2/c20-17(21)19(14-7-3-1-2-4-8-14)15-10-9-13-6-5-11-18-16(13)12-15/h5-6,9-12,14H,1-4,7-8H2,(H,20,21). The summed E-state index contributed by atoms with van der Waals surface area (Å²) in [4.78, 5) is 17.6. The van der Waals surface area contributed by atoms with Crippen LogP contribution in [0.15, 0.2) is 36.5 Å². The third-order valence-electron chi connectivity index (χ3n) is 4.26. The zero-order valence-electron chi connectivity index (χ0n) is 12.0. The summed E-state index contributed by atoms with van der Waals surface area (Å²) >= 11 is 0. The van der Waals surface area contributed by atoms with Crippen LogP contribution in [0.25, 0.3) is 10.9 Å². The lowest BCUT2D eigenvalue weighted by Gasteiger charge is -2.28. The van der Waals surface area contributed by atoms with E-state index >= 15 is 0 Å². The van der Waals surface area contributed by atoms with E-state index in [1.165, 1.54) is 12.8 Å². The van der Waals surface area contributed by atoms with Gasteiger partial charge in [-0.25, -0.2) is 4.79 Å². The average molecular weight is 284 g/mol. The van der Waals surface area contributed by atoms with Crippen molar-refractivity contribution >= 4 is 22.7 Å². The van der Waals surface area contributed by atoms with Crippen LogP contribution in [0.4, 0.5) is 10.5 Å². The summed E-state index contributed by atoms with van der Waals surface area (Å²) in [6, 6.07) is 9.69. The second kappa shape index (κ2) is 6.12. The lowest BCUT2D eigenvalue weighted by atomic mass is 10.1. The Kier molecular flexibility index (Phi) is 4.04. The highest BCUT2D eigenvalue weighted by atomic mass is 16.4. The first-order valence-corrected chi connectivity index (χ1v) is 7.62. The molecule has 0 atom stereocenters. The molecule has 1 aliphatic rings. The van der Waals surface area contributed by atoms with Crippen LogP contribution in [0, 0.1) is 0 Å². The summed E-state index contributed by atoms with van der Waals surface area (Å²) in [5.74, 6) is 0. The van der Waals surface area contributed by atoms with Crippen molar-refractivity contribution in [2.24, 2.45) is 0 Å². The lowest BCUT2D eigenvalue weighted by Crippen LogP contribution is -2.39. The summed E-state index contributed by atoms with van der Waals surface area (Å²) in [5, 5.41) is 10.7. The van der Waals surface area contributed by atoms with Gasteiger partial charge in [0.25, 0.3) is 0 Å². The van der Waals surface area contributed by atoms with E-state index in [1.807, 2.05) is 30.3 Å². The SMILES string of the molecule is O=C(O)N(c1ccc2cccnc2c1)C1CCCCCC1. The van der Waals surface area contributed by atoms with E-state index in [-0.39, 0.29) is 6.04 Å². The minimum atomic E-state index is -0.864. The molecule has 3 rings (SSSR count). The molecule has 4 heteroatoms. The average Bonchev–Trinajstić information content (AvgIpc) is 2.76. The molecular formula is C17H20N2O2. The van der Waals surface area contributed by atoms with Crippen molar-refractivity contribution in [3.8, 4) is 0 Å². The number of carbonyl (C=O) groups is 1. The van der Waals surface area contributed by atoms with Gasteiger partial charge < -0.3 is 5.11 Å². The largest absolute Gasteiger partial charge is 0.465 e. The highest BCUT2D eigenvalue weighted by molar-refractivity contribution is 5.91. The Morgan fingerprint density at radius 3 is 2.62 bits per heavy atom. The number of rotatable bonds is 2. The second-order valence-corrected chi connectivity index (χ2v) is 5.68. The van der Waals surface area contributed by atoms with Crippen molar-refractivity contribution in [1.82, 2.24) is 4.98 Å². The van der Waals surface area contributed by atoms with Crippen LogP contribution in [-0.4, -0.2) is 22.2 Å². The zero-order chi connectivity index (χ0) is 14.7. The molecule has 1 heterocycles. The van der Waals surface area contributed by atoms with Gasteiger partial charge in [0.2, 0.25) is 0 Å². The fraction of sp³-hybridized carbons (Fsp3) is 0.412. The van der Waals surface area contributed by atoms with Gasteiger partial charge in [-0.1, -0.05) is 37.8 Å². The van der Waals surface area contributed by atoms with Crippen LogP contribution in [0.3, 0.4) is 0 Å². The first-order valence-electron chi connectivity index (χ1n) is 7.62. The molecule has 110 valence electrons. The van der Waals surface area contributed by atoms with Gasteiger partial charge in [0.15, 0.2) is 0 Å². The Morgan fingerprint density at radius 1 is 1.14 bits per heavy atom. The van der Waals surface area contributed by atoms with Crippen molar-refractivity contribution in [3.05, 3.63) is 36.5 Å². The van der Waals surface area contributed by atoms with Gasteiger partial charge in [-0.05, 0) is 31.0 Å². The number of carboxylic acid groups (broad SMARTS) is 1. The van der Waals surface area contributed by atoms with Crippen molar-refractivity contribution < 1.29 is 9.90 Å². The van der Waals surface area contributed by atoms with E-state index in [1.54, 1.807) is 11.1 Å². The maximum atomic E-state index is 11.8. The molecule has 1 aromatic carbocycles. The summed E-state index contributed by atoms with van der Waals surface area (Å²) in [6.07, 6.45) is 7.42. The van der Waals surface area contributed by atoms with Crippen LogP contribution in [0.1, 0.15) is 38.5 Å². The monoisotopic (exact) mass is 284 g/mol. The fourth-order valence-electron chi connectivity index (χ4n) is 3.20. The van der Waals surface area contributed by atoms with Crippen LogP contribution < -0.4 is 4.90 Å². The van der Waals surface area contributed by atoms with Crippen molar-refractivity contribution in [2.75, 3.05) is 4.90 Å². The van der Waals surface area contributed by atoms with E-state index in [0.717, 1.165) is 42.3 Å². The number of anilines is 1.